The number of carboxylic acid groups (broad SMARTS) is 1. The molecule has 0 radical (unpaired) electrons. The van der Waals surface area contributed by atoms with Crippen molar-refractivity contribution in [3.05, 3.63) is 35.7 Å². The first-order valence-corrected chi connectivity index (χ1v) is 8.60. The van der Waals surface area contributed by atoms with Gasteiger partial charge in [-0.1, -0.05) is 6.07 Å². The standard InChI is InChI=1S/C15H14N2O6S/c1-15(2)11(14(20)21)17-12(19)10(13(17)24(15,22)23)8(7-18)9-5-3-4-6-16-9/h3-7,11,13H,1-2H3,(H,20,21)/b10-8-/t11-,13+/m0/s1. The average molecular weight is 350 g/mol. The molecule has 0 bridgehead atoms. The number of nitrogens with zero attached hydrogens (tertiary/aromatic N) is 2. The molecule has 1 amide bonds. The molecular weight excluding hydrogens is 336 g/mol. The molecule has 0 aliphatic carbocycles. The minimum Gasteiger partial charge on any atom is -0.480 e. The van der Waals surface area contributed by atoms with Gasteiger partial charge in [0.2, 0.25) is 0 Å². The molecule has 2 atom stereocenters. The molecule has 2 saturated heterocycles. The van der Waals surface area contributed by atoms with Crippen LogP contribution in [0.25, 0.3) is 5.57 Å². The van der Waals surface area contributed by atoms with E-state index >= 15 is 0 Å². The van der Waals surface area contributed by atoms with Gasteiger partial charge in [-0.05, 0) is 26.0 Å². The van der Waals surface area contributed by atoms with E-state index in [1.165, 1.54) is 26.1 Å². The predicted octanol–water partition coefficient (Wildman–Crippen LogP) is -0.137. The first kappa shape index (κ1) is 16.3. The third-order valence-electron chi connectivity index (χ3n) is 4.51. The van der Waals surface area contributed by atoms with Crippen molar-refractivity contribution in [2.75, 3.05) is 0 Å². The second-order valence-corrected chi connectivity index (χ2v) is 8.70. The van der Waals surface area contributed by atoms with Gasteiger partial charge >= 0.3 is 5.97 Å². The molecule has 1 aromatic heterocycles. The molecular formula is C15H14N2O6S. The number of fused-ring (bicyclic) bond motifs is 1. The summed E-state index contributed by atoms with van der Waals surface area (Å²) in [6.07, 6.45) is 1.79. The van der Waals surface area contributed by atoms with Crippen molar-refractivity contribution >= 4 is 33.6 Å². The lowest BCUT2D eigenvalue weighted by Gasteiger charge is -2.38. The molecule has 1 N–H and O–H groups in total. The Labute approximate surface area is 137 Å². The number of sulfone groups is 1. The number of carbonyl (C=O) groups excluding carboxylic acids is 2. The molecule has 2 aliphatic heterocycles. The van der Waals surface area contributed by atoms with E-state index in [0.717, 1.165) is 4.90 Å². The second kappa shape index (κ2) is 4.97. The Bertz CT molecular complexity index is 888. The summed E-state index contributed by atoms with van der Waals surface area (Å²) in [5.74, 6) is -2.17. The normalized spacial score (nSPS) is 28.8. The summed E-state index contributed by atoms with van der Waals surface area (Å²) in [7, 11) is -4.03. The number of hydrogen-bond acceptors (Lipinski definition) is 6. The summed E-state index contributed by atoms with van der Waals surface area (Å²) in [5, 5.41) is 7.92. The summed E-state index contributed by atoms with van der Waals surface area (Å²) in [4.78, 5) is 40.2. The number of rotatable bonds is 3. The Morgan fingerprint density at radius 3 is 2.54 bits per heavy atom. The smallest absolute Gasteiger partial charge is 0.328 e. The molecule has 8 nitrogen and oxygen atoms in total. The summed E-state index contributed by atoms with van der Waals surface area (Å²) < 4.78 is 23.9. The van der Waals surface area contributed by atoms with Gasteiger partial charge in [0.15, 0.2) is 27.5 Å². The van der Waals surface area contributed by atoms with Crippen LogP contribution in [0.3, 0.4) is 0 Å². The highest BCUT2D eigenvalue weighted by Crippen LogP contribution is 2.49. The fourth-order valence-electron chi connectivity index (χ4n) is 3.21. The maximum Gasteiger partial charge on any atom is 0.328 e. The van der Waals surface area contributed by atoms with Crippen molar-refractivity contribution in [1.29, 1.82) is 0 Å². The number of pyridine rings is 1. The fraction of sp³-hybridized carbons (Fsp3) is 0.333. The molecule has 2 fully saturated rings. The lowest BCUT2D eigenvalue weighted by atomic mass is 9.92. The number of carboxylic acids is 1. The van der Waals surface area contributed by atoms with Crippen LogP contribution in [0.15, 0.2) is 30.0 Å². The monoisotopic (exact) mass is 350 g/mol. The average Bonchev–Trinajstić information content (AvgIpc) is 2.67. The number of aromatic nitrogens is 1. The Balaban J connectivity index is 2.23. The molecule has 3 heterocycles. The van der Waals surface area contributed by atoms with Crippen LogP contribution < -0.4 is 0 Å². The number of aldehydes is 1. The largest absolute Gasteiger partial charge is 0.480 e. The molecule has 24 heavy (non-hydrogen) atoms. The van der Waals surface area contributed by atoms with Crippen LogP contribution in [0, 0.1) is 0 Å². The quantitative estimate of drug-likeness (QED) is 0.457. The minimum absolute atomic E-state index is 0.132. The molecule has 0 spiro atoms. The van der Waals surface area contributed by atoms with Gasteiger partial charge in [-0.2, -0.15) is 0 Å². The van der Waals surface area contributed by atoms with Crippen molar-refractivity contribution in [2.24, 2.45) is 0 Å². The lowest BCUT2D eigenvalue weighted by molar-refractivity contribution is -0.152. The zero-order valence-corrected chi connectivity index (χ0v) is 13.6. The Morgan fingerprint density at radius 1 is 1.38 bits per heavy atom. The number of hydrogen-bond donors (Lipinski definition) is 1. The van der Waals surface area contributed by atoms with Gasteiger partial charge in [-0.15, -0.1) is 0 Å². The number of amides is 1. The number of carbonyl (C=O) groups is 3. The third kappa shape index (κ3) is 1.81. The number of aliphatic carboxylic acids is 1. The maximum absolute atomic E-state index is 12.8. The first-order valence-electron chi connectivity index (χ1n) is 7.06. The molecule has 1 aromatic rings. The molecule has 0 unspecified atom stereocenters. The van der Waals surface area contributed by atoms with Gasteiger partial charge in [0.25, 0.3) is 5.91 Å². The first-order chi connectivity index (χ1) is 11.2. The zero-order chi connectivity index (χ0) is 17.9. The topological polar surface area (TPSA) is 122 Å². The van der Waals surface area contributed by atoms with Gasteiger partial charge in [0.05, 0.1) is 16.8 Å². The van der Waals surface area contributed by atoms with Crippen LogP contribution in [0.5, 0.6) is 0 Å². The van der Waals surface area contributed by atoms with Crippen LogP contribution in [0.1, 0.15) is 19.5 Å². The van der Waals surface area contributed by atoms with Crippen molar-refractivity contribution < 1.29 is 27.9 Å². The molecule has 0 aromatic carbocycles. The van der Waals surface area contributed by atoms with Gasteiger partial charge in [-0.25, -0.2) is 13.2 Å². The van der Waals surface area contributed by atoms with E-state index in [4.69, 9.17) is 0 Å². The van der Waals surface area contributed by atoms with Gasteiger partial charge < -0.3 is 10.0 Å². The van der Waals surface area contributed by atoms with Crippen molar-refractivity contribution in [1.82, 2.24) is 9.88 Å². The van der Waals surface area contributed by atoms with Crippen molar-refractivity contribution in [2.45, 2.75) is 30.0 Å². The van der Waals surface area contributed by atoms with Gasteiger partial charge in [-0.3, -0.25) is 14.6 Å². The summed E-state index contributed by atoms with van der Waals surface area (Å²) in [5.41, 5.74) is -0.185. The minimum atomic E-state index is -4.03. The van der Waals surface area contributed by atoms with Crippen LogP contribution in [-0.2, 0) is 24.2 Å². The molecule has 9 heteroatoms. The summed E-state index contributed by atoms with van der Waals surface area (Å²) >= 11 is 0. The van der Waals surface area contributed by atoms with Crippen LogP contribution >= 0.6 is 0 Å². The van der Waals surface area contributed by atoms with E-state index in [-0.39, 0.29) is 16.8 Å². The molecule has 3 rings (SSSR count). The lowest BCUT2D eigenvalue weighted by Crippen LogP contribution is -2.59. The number of β-lactam (4-membered cyclic amide) rings is 1. The zero-order valence-electron chi connectivity index (χ0n) is 12.8. The van der Waals surface area contributed by atoms with E-state index in [1.807, 2.05) is 0 Å². The Morgan fingerprint density at radius 2 is 2.04 bits per heavy atom. The van der Waals surface area contributed by atoms with Crippen LogP contribution in [0.4, 0.5) is 0 Å². The fourth-order valence-corrected chi connectivity index (χ4v) is 5.36. The second-order valence-electron chi connectivity index (χ2n) is 6.11. The molecule has 0 saturated carbocycles. The maximum atomic E-state index is 12.8. The van der Waals surface area contributed by atoms with Crippen LogP contribution in [-0.4, -0.2) is 57.7 Å². The summed E-state index contributed by atoms with van der Waals surface area (Å²) in [6, 6.07) is 3.19. The van der Waals surface area contributed by atoms with E-state index in [1.54, 1.807) is 12.1 Å². The SMILES string of the molecule is CC1(C)[C@H](C(=O)O)N2C(=O)/C(=C(\C=O)c3ccccn3)[C@H]2S1(=O)=O. The number of allylic oxidation sites excluding steroid dienone is 1. The highest BCUT2D eigenvalue weighted by Gasteiger charge is 2.70. The highest BCUT2D eigenvalue weighted by atomic mass is 32.2. The van der Waals surface area contributed by atoms with Crippen molar-refractivity contribution in [3.63, 3.8) is 0 Å². The van der Waals surface area contributed by atoms with E-state index in [9.17, 15) is 27.9 Å². The Kier molecular flexibility index (Phi) is 3.38. The van der Waals surface area contributed by atoms with E-state index in [0.29, 0.717) is 6.29 Å². The molecule has 2 aliphatic rings. The molecule has 126 valence electrons. The van der Waals surface area contributed by atoms with E-state index < -0.39 is 37.9 Å². The Hall–Kier alpha value is -2.55. The third-order valence-corrected chi connectivity index (χ3v) is 7.25. The predicted molar refractivity (Wildman–Crippen MR) is 82.3 cm³/mol. The van der Waals surface area contributed by atoms with Crippen LogP contribution in [0.2, 0.25) is 0 Å². The van der Waals surface area contributed by atoms with Crippen molar-refractivity contribution in [3.8, 4) is 0 Å². The van der Waals surface area contributed by atoms with E-state index in [2.05, 4.69) is 4.98 Å². The van der Waals surface area contributed by atoms with Gasteiger partial charge in [0, 0.05) is 6.20 Å². The summed E-state index contributed by atoms with van der Waals surface area (Å²) in [6.45, 7) is 2.54. The van der Waals surface area contributed by atoms with Gasteiger partial charge in [0.1, 0.15) is 4.75 Å². The highest BCUT2D eigenvalue weighted by molar-refractivity contribution is 7.94.